The fraction of sp³-hybridized carbons (Fsp3) is 0.0909. The second kappa shape index (κ2) is 16.3. The van der Waals surface area contributed by atoms with Gasteiger partial charge in [-0.25, -0.2) is 24.3 Å². The summed E-state index contributed by atoms with van der Waals surface area (Å²) in [4.78, 5) is 0. The Kier molecular flexibility index (Phi) is 15.7. The molecule has 0 bridgehead atoms. The molecule has 26 heavy (non-hydrogen) atoms. The summed E-state index contributed by atoms with van der Waals surface area (Å²) >= 11 is 1.64. The number of hydrogen-bond donors (Lipinski definition) is 0. The first-order valence-corrected chi connectivity index (χ1v) is 13.2. The van der Waals surface area contributed by atoms with Crippen molar-refractivity contribution in [3.8, 4) is 0 Å². The predicted molar refractivity (Wildman–Crippen MR) is 101 cm³/mol. The average Bonchev–Trinajstić information content (AvgIpc) is 3.41. The van der Waals surface area contributed by atoms with Crippen LogP contribution in [-0.4, -0.2) is 5.43 Å². The molecule has 2 aliphatic rings. The Morgan fingerprint density at radius 3 is 1.27 bits per heavy atom. The second-order valence-corrected chi connectivity index (χ2v) is 10.7. The molecule has 0 N–H and O–H groups in total. The summed E-state index contributed by atoms with van der Waals surface area (Å²) in [5.41, 5.74) is -0.455. The quantitative estimate of drug-likeness (QED) is 0.348. The molecule has 0 saturated carbocycles. The molecule has 4 rings (SSSR count). The molecule has 2 aliphatic carbocycles. The van der Waals surface area contributed by atoms with Crippen LogP contribution in [0.25, 0.3) is 0 Å². The third kappa shape index (κ3) is 10.3. The number of allylic oxidation sites excluding steroid dienone is 8. The number of hydrogen-bond acceptors (Lipinski definition) is 0. The van der Waals surface area contributed by atoms with Crippen molar-refractivity contribution >= 4 is 15.8 Å². The summed E-state index contributed by atoms with van der Waals surface area (Å²) in [7, 11) is 0. The van der Waals surface area contributed by atoms with Gasteiger partial charge in [0.15, 0.2) is 0 Å². The maximum atomic E-state index is 2.99. The first kappa shape index (κ1) is 25.1. The SMILES string of the molecule is [C-]1=CC=CC1.[C-]1=CC=CC1.[Cl-].[Cl-].[Zr+2]=[Si](c1ccccc1)c1ccccc1. The van der Waals surface area contributed by atoms with Crippen molar-refractivity contribution in [1.82, 2.24) is 0 Å². The Morgan fingerprint density at radius 2 is 1.04 bits per heavy atom. The Balaban J connectivity index is 0.000000432. The van der Waals surface area contributed by atoms with Gasteiger partial charge in [-0.15, -0.1) is 12.8 Å². The van der Waals surface area contributed by atoms with Crippen LogP contribution in [0.15, 0.2) is 97.1 Å². The Hall–Kier alpha value is -0.920. The number of rotatable bonds is 2. The molecule has 0 saturated heterocycles. The van der Waals surface area contributed by atoms with Crippen LogP contribution >= 0.6 is 0 Å². The van der Waals surface area contributed by atoms with Crippen molar-refractivity contribution in [2.75, 3.05) is 0 Å². The van der Waals surface area contributed by atoms with E-state index in [1.165, 1.54) is 10.4 Å². The van der Waals surface area contributed by atoms with Gasteiger partial charge in [0, 0.05) is 0 Å². The molecule has 0 fully saturated rings. The van der Waals surface area contributed by atoms with Crippen LogP contribution in [-0.2, 0) is 23.3 Å². The predicted octanol–water partition coefficient (Wildman–Crippen LogP) is -2.04. The van der Waals surface area contributed by atoms with Crippen LogP contribution in [0.3, 0.4) is 0 Å². The molecule has 0 radical (unpaired) electrons. The molecule has 0 spiro atoms. The van der Waals surface area contributed by atoms with Gasteiger partial charge >= 0.3 is 99.8 Å². The van der Waals surface area contributed by atoms with Crippen LogP contribution in [0, 0.1) is 12.2 Å². The zero-order valence-electron chi connectivity index (χ0n) is 14.4. The molecule has 0 atom stereocenters. The minimum absolute atomic E-state index is 0. The van der Waals surface area contributed by atoms with Gasteiger partial charge in [-0.1, -0.05) is 0 Å². The molecule has 2 aromatic rings. The van der Waals surface area contributed by atoms with Gasteiger partial charge in [0.1, 0.15) is 0 Å². The second-order valence-electron chi connectivity index (χ2n) is 5.11. The van der Waals surface area contributed by atoms with Crippen molar-refractivity contribution in [2.45, 2.75) is 12.8 Å². The van der Waals surface area contributed by atoms with Crippen LogP contribution in [0.4, 0.5) is 0 Å². The van der Waals surface area contributed by atoms with Crippen molar-refractivity contribution in [2.24, 2.45) is 0 Å². The van der Waals surface area contributed by atoms with Gasteiger partial charge in [0.05, 0.1) is 0 Å². The first-order chi connectivity index (χ1) is 11.9. The Morgan fingerprint density at radius 1 is 0.654 bits per heavy atom. The van der Waals surface area contributed by atoms with E-state index in [0.717, 1.165) is 12.8 Å². The summed E-state index contributed by atoms with van der Waals surface area (Å²) in [5.74, 6) is 0. The van der Waals surface area contributed by atoms with E-state index in [0.29, 0.717) is 0 Å². The van der Waals surface area contributed by atoms with Gasteiger partial charge in [0.2, 0.25) is 0 Å². The molecule has 4 heteroatoms. The third-order valence-corrected chi connectivity index (χ3v) is 9.38. The first-order valence-electron chi connectivity index (χ1n) is 8.01. The van der Waals surface area contributed by atoms with Crippen molar-refractivity contribution in [3.05, 3.63) is 109 Å². The molecule has 2 aromatic carbocycles. The molecule has 0 nitrogen and oxygen atoms in total. The fourth-order valence-electron chi connectivity index (χ4n) is 2.06. The summed E-state index contributed by atoms with van der Waals surface area (Å²) in [6.07, 6.45) is 20.0. The van der Waals surface area contributed by atoms with Crippen molar-refractivity contribution in [3.63, 3.8) is 0 Å². The summed E-state index contributed by atoms with van der Waals surface area (Å²) in [5, 5.41) is 3.03. The monoisotopic (exact) mass is 472 g/mol. The van der Waals surface area contributed by atoms with Crippen LogP contribution in [0.2, 0.25) is 0 Å². The molecule has 0 amide bonds. The Labute approximate surface area is 185 Å². The van der Waals surface area contributed by atoms with Gasteiger partial charge in [-0.3, -0.25) is 12.2 Å². The van der Waals surface area contributed by atoms with Gasteiger partial charge in [-0.2, -0.15) is 12.2 Å². The van der Waals surface area contributed by atoms with Gasteiger partial charge in [-0.05, 0) is 0 Å². The normalized spacial score (nSPS) is 12.1. The topological polar surface area (TPSA) is 0 Å². The maximum absolute atomic E-state index is 2.99. The van der Waals surface area contributed by atoms with Crippen LogP contribution in [0.1, 0.15) is 12.8 Å². The van der Waals surface area contributed by atoms with E-state index in [2.05, 4.69) is 85.0 Å². The summed E-state index contributed by atoms with van der Waals surface area (Å²) in [6, 6.07) is 21.7. The zero-order chi connectivity index (χ0) is 16.9. The molecule has 132 valence electrons. The van der Waals surface area contributed by atoms with E-state index >= 15 is 0 Å². The molecular formula is C22H20Cl2SiZr-2. The van der Waals surface area contributed by atoms with E-state index in [1.807, 2.05) is 24.3 Å². The van der Waals surface area contributed by atoms with Gasteiger partial charge in [0.25, 0.3) is 0 Å². The molecule has 0 aliphatic heterocycles. The van der Waals surface area contributed by atoms with Crippen molar-refractivity contribution in [1.29, 1.82) is 0 Å². The van der Waals surface area contributed by atoms with E-state index in [-0.39, 0.29) is 24.8 Å². The van der Waals surface area contributed by atoms with Crippen LogP contribution in [0.5, 0.6) is 0 Å². The number of benzene rings is 2. The Bertz CT molecular complexity index is 652. The van der Waals surface area contributed by atoms with E-state index < -0.39 is 5.43 Å². The van der Waals surface area contributed by atoms with E-state index in [4.69, 9.17) is 0 Å². The van der Waals surface area contributed by atoms with Gasteiger partial charge < -0.3 is 24.8 Å². The average molecular weight is 475 g/mol. The molecule has 0 heterocycles. The third-order valence-electron chi connectivity index (χ3n) is 3.30. The molecule has 0 unspecified atom stereocenters. The fourth-order valence-corrected chi connectivity index (χ4v) is 5.90. The van der Waals surface area contributed by atoms with E-state index in [9.17, 15) is 0 Å². The molecule has 0 aromatic heterocycles. The van der Waals surface area contributed by atoms with Crippen molar-refractivity contribution < 1.29 is 48.1 Å². The summed E-state index contributed by atoms with van der Waals surface area (Å²) < 4.78 is 0. The van der Waals surface area contributed by atoms with Crippen LogP contribution < -0.4 is 35.2 Å². The van der Waals surface area contributed by atoms with E-state index in [1.54, 1.807) is 23.3 Å². The standard InChI is InChI=1S/C12H10Si.2C5H5.2ClH.Zr/c1-3-7-11(8-4-1)13-12-9-5-2-6-10-12;2*1-2-4-5-3-1;;;/h1-10H;2*1-3H,4H2;2*1H;/q;2*-1;;;+2/p-2. The minimum atomic E-state index is -0.455. The molecular weight excluding hydrogens is 454 g/mol. The zero-order valence-corrected chi connectivity index (χ0v) is 19.4. The number of halogens is 2. The summed E-state index contributed by atoms with van der Waals surface area (Å²) in [6.45, 7) is 0.